The number of hydrogen-bond acceptors (Lipinski definition) is 7. The van der Waals surface area contributed by atoms with Crippen LogP contribution in [0.5, 0.6) is 0 Å². The molecule has 0 saturated carbocycles. The van der Waals surface area contributed by atoms with Crippen LogP contribution >= 0.6 is 11.3 Å². The van der Waals surface area contributed by atoms with Crippen LogP contribution in [0.3, 0.4) is 0 Å². The maximum absolute atomic E-state index is 13.4. The number of carbonyl (C=O) groups is 2. The van der Waals surface area contributed by atoms with E-state index in [1.807, 2.05) is 41.8 Å². The minimum atomic E-state index is -2.83. The number of aromatic nitrogens is 3. The fourth-order valence-corrected chi connectivity index (χ4v) is 8.68. The minimum absolute atomic E-state index is 0.0249. The summed E-state index contributed by atoms with van der Waals surface area (Å²) >= 11 is -1.49. The predicted molar refractivity (Wildman–Crippen MR) is 177 cm³/mol. The largest absolute Gasteiger partial charge is 0.755 e. The van der Waals surface area contributed by atoms with Crippen molar-refractivity contribution in [1.29, 1.82) is 0 Å². The van der Waals surface area contributed by atoms with Crippen molar-refractivity contribution < 1.29 is 23.5 Å². The smallest absolute Gasteiger partial charge is 0.354 e. The molecular weight excluding hydrogens is 613 g/mol. The van der Waals surface area contributed by atoms with E-state index in [1.165, 1.54) is 11.3 Å². The van der Waals surface area contributed by atoms with Gasteiger partial charge in [-0.15, -0.1) is 11.3 Å². The topological polar surface area (TPSA) is 128 Å². The lowest BCUT2D eigenvalue weighted by molar-refractivity contribution is 0.0690. The van der Waals surface area contributed by atoms with Crippen molar-refractivity contribution >= 4 is 63.2 Å². The van der Waals surface area contributed by atoms with Gasteiger partial charge in [-0.25, -0.2) is 19.1 Å². The molecule has 228 valence electrons. The van der Waals surface area contributed by atoms with Crippen LogP contribution in [0.4, 0.5) is 5.00 Å². The molecule has 9 nitrogen and oxygen atoms in total. The van der Waals surface area contributed by atoms with Crippen LogP contribution in [0.15, 0.2) is 66.7 Å². The molecule has 3 heterocycles. The van der Waals surface area contributed by atoms with Crippen LogP contribution in [0.2, 0.25) is 19.6 Å². The van der Waals surface area contributed by atoms with Gasteiger partial charge in [0, 0.05) is 17.5 Å². The Hall–Kier alpha value is -3.97. The van der Waals surface area contributed by atoms with E-state index in [0.717, 1.165) is 37.7 Å². The third-order valence-electron chi connectivity index (χ3n) is 7.26. The molecule has 12 heteroatoms. The summed E-state index contributed by atoms with van der Waals surface area (Å²) < 4.78 is 29.0. The number of aryl methyl sites for hydroxylation is 2. The highest BCUT2D eigenvalue weighted by molar-refractivity contribution is 7.82. The zero-order valence-electron chi connectivity index (χ0n) is 25.2. The number of carbonyl (C=O) groups excluding carboxylic acids is 1. The highest BCUT2D eigenvalue weighted by atomic mass is 32.2. The van der Waals surface area contributed by atoms with Gasteiger partial charge < -0.3 is 14.2 Å². The molecule has 1 atom stereocenters. The SMILES string of the molecule is CCCc1nc2c(C)cc(C(=O)O)nc2n1Cc1ccc(-c2cc([Si](C)(C)C)sc2N(C(=O)c2ccccc2)S(=O)[O-])cc1. The molecule has 1 N–H and O–H groups in total. The van der Waals surface area contributed by atoms with Crippen molar-refractivity contribution in [2.75, 3.05) is 4.31 Å². The Kier molecular flexibility index (Phi) is 8.98. The second kappa shape index (κ2) is 12.6. The number of aromatic carboxylic acids is 1. The molecule has 0 radical (unpaired) electrons. The molecule has 3 aromatic heterocycles. The predicted octanol–water partition coefficient (Wildman–Crippen LogP) is 6.15. The molecule has 1 unspecified atom stereocenters. The molecule has 0 saturated heterocycles. The molecule has 1 amide bonds. The number of benzene rings is 2. The van der Waals surface area contributed by atoms with E-state index in [4.69, 9.17) is 4.98 Å². The minimum Gasteiger partial charge on any atom is -0.755 e. The molecule has 44 heavy (non-hydrogen) atoms. The number of anilines is 1. The van der Waals surface area contributed by atoms with E-state index in [9.17, 15) is 23.5 Å². The standard InChI is InChI=1S/C32H34N4O5S2Si/c1-6-10-26-34-28-20(2)17-25(32(38)39)33-29(28)35(26)19-21-13-15-22(16-14-21)24-18-27(44(3,4)5)42-31(24)36(43(40)41)30(37)23-11-8-7-9-12-23/h7-9,11-18H,6,10,19H2,1-5H3,(H,38,39)(H,40,41)/p-1. The van der Waals surface area contributed by atoms with Crippen molar-refractivity contribution in [3.8, 4) is 11.1 Å². The van der Waals surface area contributed by atoms with E-state index < -0.39 is 31.2 Å². The quantitative estimate of drug-likeness (QED) is 0.142. The fourth-order valence-electron chi connectivity index (χ4n) is 4.98. The number of thiophene rings is 1. The van der Waals surface area contributed by atoms with Crippen LogP contribution in [-0.4, -0.2) is 48.4 Å². The maximum atomic E-state index is 13.4. The first-order valence-corrected chi connectivity index (χ1v) is 19.6. The summed E-state index contributed by atoms with van der Waals surface area (Å²) in [6.45, 7) is 10.9. The van der Waals surface area contributed by atoms with Crippen molar-refractivity contribution in [1.82, 2.24) is 14.5 Å². The molecule has 0 spiro atoms. The van der Waals surface area contributed by atoms with Crippen LogP contribution in [-0.2, 0) is 24.2 Å². The molecule has 0 aliphatic rings. The Morgan fingerprint density at radius 2 is 1.73 bits per heavy atom. The number of imidazole rings is 1. The first kappa shape index (κ1) is 31.5. The van der Waals surface area contributed by atoms with Gasteiger partial charge >= 0.3 is 5.97 Å². The highest BCUT2D eigenvalue weighted by Crippen LogP contribution is 2.38. The zero-order valence-corrected chi connectivity index (χ0v) is 27.8. The van der Waals surface area contributed by atoms with Gasteiger partial charge in [-0.3, -0.25) is 9.00 Å². The Morgan fingerprint density at radius 1 is 1.05 bits per heavy atom. The molecule has 5 aromatic rings. The normalized spacial score (nSPS) is 12.4. The third-order valence-corrected chi connectivity index (χ3v) is 12.7. The van der Waals surface area contributed by atoms with Gasteiger partial charge in [-0.2, -0.15) is 0 Å². The lowest BCUT2D eigenvalue weighted by Crippen LogP contribution is -2.35. The van der Waals surface area contributed by atoms with Gasteiger partial charge in [0.25, 0.3) is 5.91 Å². The van der Waals surface area contributed by atoms with Crippen LogP contribution in [0.25, 0.3) is 22.3 Å². The average Bonchev–Trinajstić information content (AvgIpc) is 3.57. The molecular formula is C32H33N4O5S2Si-. The molecule has 0 aliphatic heterocycles. The number of hydrogen-bond donors (Lipinski definition) is 1. The van der Waals surface area contributed by atoms with Crippen molar-refractivity contribution in [3.05, 3.63) is 94.9 Å². The summed E-state index contributed by atoms with van der Waals surface area (Å²) in [6, 6.07) is 19.7. The second-order valence-corrected chi connectivity index (χ2v) is 18.9. The Balaban J connectivity index is 1.56. The summed E-state index contributed by atoms with van der Waals surface area (Å²) in [5.74, 6) is -0.871. The number of carboxylic acids is 1. The van der Waals surface area contributed by atoms with E-state index >= 15 is 0 Å². The van der Waals surface area contributed by atoms with E-state index in [1.54, 1.807) is 36.4 Å². The summed E-state index contributed by atoms with van der Waals surface area (Å²) in [7, 11) is -1.86. The first-order valence-electron chi connectivity index (χ1n) is 14.2. The Bertz CT molecular complexity index is 1880. The van der Waals surface area contributed by atoms with Gasteiger partial charge in [-0.05, 0) is 58.8 Å². The van der Waals surface area contributed by atoms with Gasteiger partial charge in [0.2, 0.25) is 0 Å². The zero-order chi connectivity index (χ0) is 31.8. The molecule has 5 rings (SSSR count). The number of pyridine rings is 1. The average molecular weight is 646 g/mol. The fraction of sp³-hybridized carbons (Fsp3) is 0.250. The number of nitrogens with zero attached hydrogens (tertiary/aromatic N) is 4. The van der Waals surface area contributed by atoms with Gasteiger partial charge in [-0.1, -0.05) is 69.0 Å². The van der Waals surface area contributed by atoms with Crippen LogP contribution in [0, 0.1) is 6.92 Å². The Labute approximate surface area is 263 Å². The summed E-state index contributed by atoms with van der Waals surface area (Å²) in [5.41, 5.74) is 4.63. The summed E-state index contributed by atoms with van der Waals surface area (Å²) in [5, 5.41) is 9.96. The van der Waals surface area contributed by atoms with Crippen molar-refractivity contribution in [3.63, 3.8) is 0 Å². The van der Waals surface area contributed by atoms with Gasteiger partial charge in [0.1, 0.15) is 16.3 Å². The third kappa shape index (κ3) is 6.29. The van der Waals surface area contributed by atoms with Gasteiger partial charge in [0.15, 0.2) is 11.3 Å². The number of fused-ring (bicyclic) bond motifs is 1. The van der Waals surface area contributed by atoms with Crippen molar-refractivity contribution in [2.45, 2.75) is 52.9 Å². The number of amides is 1. The van der Waals surface area contributed by atoms with Crippen LogP contribution < -0.4 is 8.81 Å². The lowest BCUT2D eigenvalue weighted by Gasteiger charge is -2.24. The molecule has 2 aromatic carbocycles. The van der Waals surface area contributed by atoms with Gasteiger partial charge in [0.05, 0.1) is 25.9 Å². The first-order chi connectivity index (χ1) is 20.9. The molecule has 0 fully saturated rings. The maximum Gasteiger partial charge on any atom is 0.354 e. The Morgan fingerprint density at radius 3 is 2.32 bits per heavy atom. The monoisotopic (exact) mass is 645 g/mol. The van der Waals surface area contributed by atoms with Crippen molar-refractivity contribution in [2.24, 2.45) is 0 Å². The van der Waals surface area contributed by atoms with E-state index in [2.05, 4.69) is 31.5 Å². The lowest BCUT2D eigenvalue weighted by atomic mass is 10.1. The highest BCUT2D eigenvalue weighted by Gasteiger charge is 2.29. The van der Waals surface area contributed by atoms with E-state index in [0.29, 0.717) is 34.7 Å². The number of carboxylic acid groups (broad SMARTS) is 1. The summed E-state index contributed by atoms with van der Waals surface area (Å²) in [6.07, 6.45) is 1.58. The molecule has 0 aliphatic carbocycles. The van der Waals surface area contributed by atoms with Crippen LogP contribution in [0.1, 0.15) is 51.1 Å². The van der Waals surface area contributed by atoms with E-state index in [-0.39, 0.29) is 11.3 Å². The second-order valence-electron chi connectivity index (χ2n) is 11.6. The number of rotatable bonds is 10. The summed E-state index contributed by atoms with van der Waals surface area (Å²) in [4.78, 5) is 34.4. The molecule has 0 bridgehead atoms.